The second-order valence-electron chi connectivity index (χ2n) is 6.57. The number of phenols is 1. The van der Waals surface area contributed by atoms with Gasteiger partial charge in [-0.2, -0.15) is 4.98 Å². The quantitative estimate of drug-likeness (QED) is 0.672. The van der Waals surface area contributed by atoms with Crippen molar-refractivity contribution in [2.45, 2.75) is 46.6 Å². The highest BCUT2D eigenvalue weighted by atomic mass is 16.3. The van der Waals surface area contributed by atoms with Gasteiger partial charge in [-0.1, -0.05) is 13.8 Å². The van der Waals surface area contributed by atoms with E-state index in [-0.39, 0.29) is 17.4 Å². The summed E-state index contributed by atoms with van der Waals surface area (Å²) in [7, 11) is 0. The molecule has 0 atom stereocenters. The standard InChI is InChI=1S/C20H24N4O2/c1-5-16(6-2)24-17(25)8-7-14-11-21-20(23-19(14)24)22-15-9-12(3)18(26)13(4)10-15/h7-11,16,26H,5-6H2,1-4H3,(H,21,22,23). The molecule has 0 radical (unpaired) electrons. The van der Waals surface area contributed by atoms with E-state index in [1.54, 1.807) is 22.9 Å². The zero-order valence-electron chi connectivity index (χ0n) is 15.6. The van der Waals surface area contributed by atoms with Crippen LogP contribution in [0, 0.1) is 13.8 Å². The molecule has 136 valence electrons. The van der Waals surface area contributed by atoms with Gasteiger partial charge in [0.2, 0.25) is 5.95 Å². The molecule has 6 nitrogen and oxygen atoms in total. The van der Waals surface area contributed by atoms with Gasteiger partial charge in [0.05, 0.1) is 0 Å². The molecule has 6 heteroatoms. The van der Waals surface area contributed by atoms with Crippen LogP contribution < -0.4 is 10.9 Å². The number of aromatic hydroxyl groups is 1. The van der Waals surface area contributed by atoms with Crippen LogP contribution in [0.15, 0.2) is 35.3 Å². The molecule has 2 N–H and O–H groups in total. The molecule has 2 aromatic heterocycles. The van der Waals surface area contributed by atoms with Gasteiger partial charge in [-0.3, -0.25) is 9.36 Å². The number of anilines is 2. The molecule has 0 saturated carbocycles. The number of nitrogens with one attached hydrogen (secondary N) is 1. The molecule has 26 heavy (non-hydrogen) atoms. The third kappa shape index (κ3) is 3.27. The van der Waals surface area contributed by atoms with Crippen molar-refractivity contribution in [3.8, 4) is 5.75 Å². The molecular formula is C20H24N4O2. The van der Waals surface area contributed by atoms with Crippen LogP contribution in [-0.2, 0) is 0 Å². The van der Waals surface area contributed by atoms with Crippen molar-refractivity contribution in [1.82, 2.24) is 14.5 Å². The summed E-state index contributed by atoms with van der Waals surface area (Å²) in [5.41, 5.74) is 2.94. The lowest BCUT2D eigenvalue weighted by atomic mass is 10.1. The van der Waals surface area contributed by atoms with E-state index in [4.69, 9.17) is 0 Å². The van der Waals surface area contributed by atoms with E-state index in [9.17, 15) is 9.90 Å². The Morgan fingerprint density at radius 3 is 2.42 bits per heavy atom. The lowest BCUT2D eigenvalue weighted by Gasteiger charge is -2.18. The first-order chi connectivity index (χ1) is 12.4. The predicted molar refractivity (Wildman–Crippen MR) is 104 cm³/mol. The van der Waals surface area contributed by atoms with Gasteiger partial charge in [0, 0.05) is 29.4 Å². The maximum absolute atomic E-state index is 12.4. The monoisotopic (exact) mass is 352 g/mol. The summed E-state index contributed by atoms with van der Waals surface area (Å²) >= 11 is 0. The first kappa shape index (κ1) is 17.9. The highest BCUT2D eigenvalue weighted by Gasteiger charge is 2.14. The first-order valence-electron chi connectivity index (χ1n) is 8.90. The molecule has 0 fully saturated rings. The highest BCUT2D eigenvalue weighted by molar-refractivity contribution is 5.76. The Labute approximate surface area is 152 Å². The maximum atomic E-state index is 12.4. The lowest BCUT2D eigenvalue weighted by molar-refractivity contribution is 0.467. The molecule has 0 unspecified atom stereocenters. The number of rotatable bonds is 5. The molecule has 0 aliphatic carbocycles. The lowest BCUT2D eigenvalue weighted by Crippen LogP contribution is -2.24. The topological polar surface area (TPSA) is 80.0 Å². The van der Waals surface area contributed by atoms with Crippen LogP contribution >= 0.6 is 0 Å². The molecule has 0 aliphatic heterocycles. The van der Waals surface area contributed by atoms with Crippen LogP contribution in [0.1, 0.15) is 43.9 Å². The van der Waals surface area contributed by atoms with Gasteiger partial charge in [-0.25, -0.2) is 4.98 Å². The number of nitrogens with zero attached hydrogens (tertiary/aromatic N) is 3. The fraction of sp³-hybridized carbons (Fsp3) is 0.350. The minimum atomic E-state index is -0.0489. The van der Waals surface area contributed by atoms with Crippen molar-refractivity contribution in [2.75, 3.05) is 5.32 Å². The minimum absolute atomic E-state index is 0.0489. The average Bonchev–Trinajstić information content (AvgIpc) is 2.62. The van der Waals surface area contributed by atoms with Gasteiger partial charge >= 0.3 is 0 Å². The first-order valence-corrected chi connectivity index (χ1v) is 8.90. The third-order valence-electron chi connectivity index (χ3n) is 4.72. The molecule has 1 aromatic carbocycles. The van der Waals surface area contributed by atoms with Crippen molar-refractivity contribution in [3.63, 3.8) is 0 Å². The number of aromatic nitrogens is 3. The van der Waals surface area contributed by atoms with Crippen LogP contribution in [0.3, 0.4) is 0 Å². The Balaban J connectivity index is 2.09. The van der Waals surface area contributed by atoms with Crippen LogP contribution in [0.2, 0.25) is 0 Å². The molecule has 3 aromatic rings. The van der Waals surface area contributed by atoms with E-state index in [0.717, 1.165) is 35.0 Å². The Hall–Kier alpha value is -2.89. The van der Waals surface area contributed by atoms with Crippen LogP contribution in [0.4, 0.5) is 11.6 Å². The van der Waals surface area contributed by atoms with Crippen molar-refractivity contribution >= 4 is 22.7 Å². The fourth-order valence-electron chi connectivity index (χ4n) is 3.26. The number of fused-ring (bicyclic) bond motifs is 1. The van der Waals surface area contributed by atoms with Gasteiger partial charge < -0.3 is 10.4 Å². The van der Waals surface area contributed by atoms with Crippen molar-refractivity contribution in [1.29, 1.82) is 0 Å². The second-order valence-corrected chi connectivity index (χ2v) is 6.57. The molecule has 3 rings (SSSR count). The number of hydrogen-bond donors (Lipinski definition) is 2. The van der Waals surface area contributed by atoms with E-state index >= 15 is 0 Å². The summed E-state index contributed by atoms with van der Waals surface area (Å²) in [6.07, 6.45) is 3.44. The van der Waals surface area contributed by atoms with Crippen LogP contribution in [0.5, 0.6) is 5.75 Å². The molecule has 0 saturated heterocycles. The van der Waals surface area contributed by atoms with E-state index in [1.807, 2.05) is 26.0 Å². The summed E-state index contributed by atoms with van der Waals surface area (Å²) in [4.78, 5) is 21.4. The molecule has 2 heterocycles. The average molecular weight is 352 g/mol. The Morgan fingerprint density at radius 2 is 1.81 bits per heavy atom. The molecule has 0 spiro atoms. The molecular weight excluding hydrogens is 328 g/mol. The summed E-state index contributed by atoms with van der Waals surface area (Å²) in [5, 5.41) is 13.9. The zero-order valence-corrected chi connectivity index (χ0v) is 15.6. The fourth-order valence-corrected chi connectivity index (χ4v) is 3.26. The predicted octanol–water partition coefficient (Wildman–Crippen LogP) is 4.22. The summed E-state index contributed by atoms with van der Waals surface area (Å²) in [5.74, 6) is 0.713. The van der Waals surface area contributed by atoms with Crippen molar-refractivity contribution in [2.24, 2.45) is 0 Å². The maximum Gasteiger partial charge on any atom is 0.252 e. The number of pyridine rings is 1. The van der Waals surface area contributed by atoms with E-state index in [2.05, 4.69) is 29.1 Å². The molecule has 0 aliphatic rings. The zero-order chi connectivity index (χ0) is 18.8. The second kappa shape index (κ2) is 7.15. The van der Waals surface area contributed by atoms with Gasteiger partial charge in [0.1, 0.15) is 11.4 Å². The van der Waals surface area contributed by atoms with E-state index < -0.39 is 0 Å². The number of hydrogen-bond acceptors (Lipinski definition) is 5. The van der Waals surface area contributed by atoms with Gasteiger partial charge in [-0.05, 0) is 56.0 Å². The Bertz CT molecular complexity index is 983. The normalized spacial score (nSPS) is 11.3. The van der Waals surface area contributed by atoms with E-state index in [1.165, 1.54) is 0 Å². The number of benzene rings is 1. The van der Waals surface area contributed by atoms with Crippen LogP contribution in [-0.4, -0.2) is 19.6 Å². The largest absolute Gasteiger partial charge is 0.507 e. The van der Waals surface area contributed by atoms with Crippen molar-refractivity contribution in [3.05, 3.63) is 51.9 Å². The summed E-state index contributed by atoms with van der Waals surface area (Å²) < 4.78 is 1.76. The Kier molecular flexibility index (Phi) is 4.93. The number of aryl methyl sites for hydroxylation is 2. The van der Waals surface area contributed by atoms with Gasteiger partial charge in [0.25, 0.3) is 5.56 Å². The summed E-state index contributed by atoms with van der Waals surface area (Å²) in [6.45, 7) is 7.84. The molecule has 0 amide bonds. The van der Waals surface area contributed by atoms with Gasteiger partial charge in [-0.15, -0.1) is 0 Å². The minimum Gasteiger partial charge on any atom is -0.507 e. The third-order valence-corrected chi connectivity index (χ3v) is 4.72. The smallest absolute Gasteiger partial charge is 0.252 e. The Morgan fingerprint density at radius 1 is 1.15 bits per heavy atom. The van der Waals surface area contributed by atoms with E-state index in [0.29, 0.717) is 11.6 Å². The highest BCUT2D eigenvalue weighted by Crippen LogP contribution is 2.27. The van der Waals surface area contributed by atoms with Crippen molar-refractivity contribution < 1.29 is 5.11 Å². The molecule has 0 bridgehead atoms. The van der Waals surface area contributed by atoms with Crippen LogP contribution in [0.25, 0.3) is 11.0 Å². The SMILES string of the molecule is CCC(CC)n1c(=O)ccc2cnc(Nc3cc(C)c(O)c(C)c3)nc21. The van der Waals surface area contributed by atoms with Gasteiger partial charge in [0.15, 0.2) is 0 Å². The number of phenolic OH excluding ortho intramolecular Hbond substituents is 1. The summed E-state index contributed by atoms with van der Waals surface area (Å²) in [6, 6.07) is 7.12.